The summed E-state index contributed by atoms with van der Waals surface area (Å²) < 4.78 is 13.9. The number of nitrogens with zero attached hydrogens (tertiary/aromatic N) is 1. The van der Waals surface area contributed by atoms with Crippen molar-refractivity contribution in [3.05, 3.63) is 51.2 Å². The van der Waals surface area contributed by atoms with Crippen LogP contribution in [0.3, 0.4) is 0 Å². The molecule has 21 heavy (non-hydrogen) atoms. The summed E-state index contributed by atoms with van der Waals surface area (Å²) in [6, 6.07) is 4.09. The van der Waals surface area contributed by atoms with Gasteiger partial charge in [0, 0.05) is 16.6 Å². The molecule has 1 aromatic carbocycles. The fraction of sp³-hybridized carbons (Fsp3) is 0.200. The maximum Gasteiger partial charge on any atom is 0.254 e. The molecule has 0 aliphatic rings. The van der Waals surface area contributed by atoms with Gasteiger partial charge in [-0.2, -0.15) is 0 Å². The van der Waals surface area contributed by atoms with Crippen molar-refractivity contribution in [1.29, 1.82) is 0 Å². The molecule has 0 aliphatic heterocycles. The zero-order valence-electron chi connectivity index (χ0n) is 11.3. The highest BCUT2D eigenvalue weighted by Crippen LogP contribution is 2.13. The van der Waals surface area contributed by atoms with Crippen molar-refractivity contribution in [3.63, 3.8) is 0 Å². The molecule has 0 saturated carbocycles. The van der Waals surface area contributed by atoms with Crippen molar-refractivity contribution in [2.75, 3.05) is 6.61 Å². The molecule has 0 aliphatic carbocycles. The molecule has 0 bridgehead atoms. The Labute approximate surface area is 125 Å². The maximum atomic E-state index is 13.9. The standard InChI is InChI=1S/C15H13FN2O2S/c1-10-17-8-12(21-10)9-18-15(20)13-5-4-11(3-2-6-19)7-14(13)16/h4-5,7-8,19H,6,9H2,1H3,(H,18,20). The van der Waals surface area contributed by atoms with Crippen molar-refractivity contribution in [1.82, 2.24) is 10.3 Å². The summed E-state index contributed by atoms with van der Waals surface area (Å²) in [5.41, 5.74) is 0.377. The SMILES string of the molecule is Cc1ncc(CNC(=O)c2ccc(C#CCO)cc2F)s1. The Morgan fingerprint density at radius 3 is 2.95 bits per heavy atom. The highest BCUT2D eigenvalue weighted by molar-refractivity contribution is 7.11. The molecule has 1 amide bonds. The molecule has 2 aromatic rings. The van der Waals surface area contributed by atoms with Gasteiger partial charge in [-0.25, -0.2) is 9.37 Å². The van der Waals surface area contributed by atoms with Crippen LogP contribution in [0.2, 0.25) is 0 Å². The lowest BCUT2D eigenvalue weighted by Crippen LogP contribution is -2.23. The van der Waals surface area contributed by atoms with Crippen LogP contribution in [0, 0.1) is 24.6 Å². The first-order chi connectivity index (χ1) is 10.1. The summed E-state index contributed by atoms with van der Waals surface area (Å²) in [6.07, 6.45) is 1.68. The van der Waals surface area contributed by atoms with Crippen molar-refractivity contribution in [2.45, 2.75) is 13.5 Å². The summed E-state index contributed by atoms with van der Waals surface area (Å²) in [5, 5.41) is 12.1. The van der Waals surface area contributed by atoms with Gasteiger partial charge in [0.2, 0.25) is 0 Å². The van der Waals surface area contributed by atoms with Gasteiger partial charge >= 0.3 is 0 Å². The Morgan fingerprint density at radius 1 is 1.52 bits per heavy atom. The number of thiazole rings is 1. The topological polar surface area (TPSA) is 62.2 Å². The quantitative estimate of drug-likeness (QED) is 0.851. The average molecular weight is 304 g/mol. The third kappa shape index (κ3) is 4.12. The molecule has 0 saturated heterocycles. The van der Waals surface area contributed by atoms with E-state index in [-0.39, 0.29) is 12.2 Å². The molecule has 4 nitrogen and oxygen atoms in total. The largest absolute Gasteiger partial charge is 0.384 e. The van der Waals surface area contributed by atoms with Crippen LogP contribution in [0.25, 0.3) is 0 Å². The number of rotatable bonds is 3. The Balaban J connectivity index is 2.05. The second-order valence-corrected chi connectivity index (χ2v) is 5.50. The molecular formula is C15H13FN2O2S. The predicted octanol–water partition coefficient (Wildman–Crippen LogP) is 1.86. The van der Waals surface area contributed by atoms with Crippen LogP contribution in [-0.2, 0) is 6.54 Å². The van der Waals surface area contributed by atoms with E-state index in [1.54, 1.807) is 6.20 Å². The number of nitrogens with one attached hydrogen (secondary N) is 1. The number of aliphatic hydroxyl groups is 1. The monoisotopic (exact) mass is 304 g/mol. The van der Waals surface area contributed by atoms with Gasteiger partial charge in [0.25, 0.3) is 5.91 Å². The number of amides is 1. The highest BCUT2D eigenvalue weighted by Gasteiger charge is 2.12. The third-order valence-corrected chi connectivity index (χ3v) is 3.53. The lowest BCUT2D eigenvalue weighted by Gasteiger charge is -2.05. The van der Waals surface area contributed by atoms with E-state index in [4.69, 9.17) is 5.11 Å². The number of carbonyl (C=O) groups is 1. The van der Waals surface area contributed by atoms with Crippen LogP contribution in [0.5, 0.6) is 0 Å². The molecule has 0 radical (unpaired) electrons. The Hall–Kier alpha value is -2.23. The number of benzene rings is 1. The Kier molecular flexibility index (Phi) is 5.04. The number of aromatic nitrogens is 1. The van der Waals surface area contributed by atoms with E-state index < -0.39 is 11.7 Å². The predicted molar refractivity (Wildman–Crippen MR) is 78.4 cm³/mol. The van der Waals surface area contributed by atoms with Gasteiger partial charge in [0.15, 0.2) is 0 Å². The van der Waals surface area contributed by atoms with E-state index in [2.05, 4.69) is 22.1 Å². The average Bonchev–Trinajstić information content (AvgIpc) is 2.88. The van der Waals surface area contributed by atoms with Crippen molar-refractivity contribution in [2.24, 2.45) is 0 Å². The van der Waals surface area contributed by atoms with Gasteiger partial charge in [0.05, 0.1) is 17.1 Å². The summed E-state index contributed by atoms with van der Waals surface area (Å²) in [6.45, 7) is 1.90. The fourth-order valence-electron chi connectivity index (χ4n) is 1.67. The zero-order chi connectivity index (χ0) is 15.2. The summed E-state index contributed by atoms with van der Waals surface area (Å²) in [7, 11) is 0. The summed E-state index contributed by atoms with van der Waals surface area (Å²) >= 11 is 1.48. The Bertz CT molecular complexity index is 716. The van der Waals surface area contributed by atoms with Gasteiger partial charge in [-0.1, -0.05) is 11.8 Å². The lowest BCUT2D eigenvalue weighted by atomic mass is 10.1. The van der Waals surface area contributed by atoms with Crippen molar-refractivity contribution < 1.29 is 14.3 Å². The van der Waals surface area contributed by atoms with E-state index in [0.29, 0.717) is 12.1 Å². The molecular weight excluding hydrogens is 291 g/mol. The number of aryl methyl sites for hydroxylation is 1. The van der Waals surface area contributed by atoms with E-state index in [9.17, 15) is 9.18 Å². The first-order valence-electron chi connectivity index (χ1n) is 6.19. The number of halogens is 1. The third-order valence-electron chi connectivity index (χ3n) is 2.62. The van der Waals surface area contributed by atoms with Gasteiger partial charge in [0.1, 0.15) is 12.4 Å². The smallest absolute Gasteiger partial charge is 0.254 e. The van der Waals surface area contributed by atoms with Crippen molar-refractivity contribution in [3.8, 4) is 11.8 Å². The molecule has 6 heteroatoms. The molecule has 108 valence electrons. The van der Waals surface area contributed by atoms with Crippen LogP contribution in [0.1, 0.15) is 25.8 Å². The zero-order valence-corrected chi connectivity index (χ0v) is 12.1. The van der Waals surface area contributed by atoms with E-state index in [1.165, 1.54) is 29.5 Å². The minimum Gasteiger partial charge on any atom is -0.384 e. The van der Waals surface area contributed by atoms with Crippen LogP contribution in [-0.4, -0.2) is 22.6 Å². The first kappa shape index (κ1) is 15.2. The maximum absolute atomic E-state index is 13.9. The van der Waals surface area contributed by atoms with Crippen molar-refractivity contribution >= 4 is 17.2 Å². The number of aliphatic hydroxyl groups excluding tert-OH is 1. The molecule has 2 rings (SSSR count). The van der Waals surface area contributed by atoms with Crippen LogP contribution in [0.4, 0.5) is 4.39 Å². The minimum absolute atomic E-state index is 0.0363. The lowest BCUT2D eigenvalue weighted by molar-refractivity contribution is 0.0947. The first-order valence-corrected chi connectivity index (χ1v) is 7.00. The molecule has 1 heterocycles. The van der Waals surface area contributed by atoms with Crippen LogP contribution < -0.4 is 5.32 Å². The normalized spacial score (nSPS) is 9.86. The fourth-order valence-corrected chi connectivity index (χ4v) is 2.40. The Morgan fingerprint density at radius 2 is 2.33 bits per heavy atom. The number of carbonyl (C=O) groups excluding carboxylic acids is 1. The van der Waals surface area contributed by atoms with E-state index in [0.717, 1.165) is 9.88 Å². The van der Waals surface area contributed by atoms with Gasteiger partial charge < -0.3 is 10.4 Å². The molecule has 1 aromatic heterocycles. The molecule has 0 unspecified atom stereocenters. The van der Waals surface area contributed by atoms with Gasteiger partial charge in [-0.15, -0.1) is 11.3 Å². The van der Waals surface area contributed by atoms with Crippen LogP contribution >= 0.6 is 11.3 Å². The summed E-state index contributed by atoms with van der Waals surface area (Å²) in [5.74, 6) is 3.88. The molecule has 0 atom stereocenters. The highest BCUT2D eigenvalue weighted by atomic mass is 32.1. The van der Waals surface area contributed by atoms with E-state index in [1.807, 2.05) is 6.92 Å². The number of hydrogen-bond donors (Lipinski definition) is 2. The van der Waals surface area contributed by atoms with Gasteiger partial charge in [-0.3, -0.25) is 4.79 Å². The molecule has 0 fully saturated rings. The summed E-state index contributed by atoms with van der Waals surface area (Å²) in [4.78, 5) is 16.9. The molecule has 2 N–H and O–H groups in total. The van der Waals surface area contributed by atoms with Crippen LogP contribution in [0.15, 0.2) is 24.4 Å². The second kappa shape index (κ2) is 6.97. The van der Waals surface area contributed by atoms with Gasteiger partial charge in [-0.05, 0) is 25.1 Å². The van der Waals surface area contributed by atoms with E-state index >= 15 is 0 Å². The second-order valence-electron chi connectivity index (χ2n) is 4.18. The number of hydrogen-bond acceptors (Lipinski definition) is 4. The molecule has 0 spiro atoms. The minimum atomic E-state index is -0.641.